The Morgan fingerprint density at radius 2 is 1.78 bits per heavy atom. The normalized spacial score (nSPS) is 24.0. The number of halogens is 1. The van der Waals surface area contributed by atoms with Crippen molar-refractivity contribution in [2.45, 2.75) is 32.0 Å². The van der Waals surface area contributed by atoms with Crippen molar-refractivity contribution in [2.75, 3.05) is 26.7 Å². The number of hydrogen-bond donors (Lipinski definition) is 1. The molecule has 0 aromatic heterocycles. The molecule has 2 bridgehead atoms. The molecule has 1 unspecified atom stereocenters. The van der Waals surface area contributed by atoms with Crippen LogP contribution in [0.2, 0.25) is 0 Å². The van der Waals surface area contributed by atoms with E-state index in [1.54, 1.807) is 19.2 Å². The number of benzene rings is 2. The average Bonchev–Trinajstić information content (AvgIpc) is 2.73. The third kappa shape index (κ3) is 4.42. The van der Waals surface area contributed by atoms with Crippen LogP contribution in [0.25, 0.3) is 0 Å². The SMILES string of the molecule is COc1cc(CNC2CN3CCC2CC3)ccc1OCc1ccc(F)cc1. The van der Waals surface area contributed by atoms with E-state index in [2.05, 4.69) is 16.3 Å². The van der Waals surface area contributed by atoms with Crippen LogP contribution in [0.3, 0.4) is 0 Å². The van der Waals surface area contributed by atoms with Crippen molar-refractivity contribution in [3.05, 3.63) is 59.4 Å². The second kappa shape index (κ2) is 8.28. The molecule has 0 saturated carbocycles. The molecular weight excluding hydrogens is 343 g/mol. The van der Waals surface area contributed by atoms with Crippen molar-refractivity contribution in [2.24, 2.45) is 5.92 Å². The van der Waals surface area contributed by atoms with Gasteiger partial charge in [-0.3, -0.25) is 0 Å². The first-order valence-corrected chi connectivity index (χ1v) is 9.71. The van der Waals surface area contributed by atoms with Crippen molar-refractivity contribution in [1.82, 2.24) is 10.2 Å². The maximum absolute atomic E-state index is 13.0. The zero-order valence-corrected chi connectivity index (χ0v) is 15.8. The molecule has 144 valence electrons. The lowest BCUT2D eigenvalue weighted by atomic mass is 9.84. The fraction of sp³-hybridized carbons (Fsp3) is 0.455. The average molecular weight is 370 g/mol. The highest BCUT2D eigenvalue weighted by Gasteiger charge is 2.33. The Hall–Kier alpha value is -2.11. The van der Waals surface area contributed by atoms with Gasteiger partial charge in [-0.05, 0) is 67.2 Å². The number of methoxy groups -OCH3 is 1. The molecule has 1 N–H and O–H groups in total. The number of rotatable bonds is 7. The summed E-state index contributed by atoms with van der Waals surface area (Å²) in [6.45, 7) is 4.91. The minimum absolute atomic E-state index is 0.240. The predicted octanol–water partition coefficient (Wildman–Crippen LogP) is 3.60. The van der Waals surface area contributed by atoms with Gasteiger partial charge in [0.15, 0.2) is 11.5 Å². The summed E-state index contributed by atoms with van der Waals surface area (Å²) in [6.07, 6.45) is 2.63. The Morgan fingerprint density at radius 1 is 1.04 bits per heavy atom. The van der Waals surface area contributed by atoms with Gasteiger partial charge in [-0.25, -0.2) is 4.39 Å². The number of nitrogens with one attached hydrogen (secondary N) is 1. The molecule has 0 radical (unpaired) electrons. The maximum atomic E-state index is 13.0. The van der Waals surface area contributed by atoms with Gasteiger partial charge in [0.25, 0.3) is 0 Å². The van der Waals surface area contributed by atoms with Crippen molar-refractivity contribution in [3.8, 4) is 11.5 Å². The van der Waals surface area contributed by atoms with Gasteiger partial charge in [-0.2, -0.15) is 0 Å². The van der Waals surface area contributed by atoms with Crippen LogP contribution in [0.1, 0.15) is 24.0 Å². The van der Waals surface area contributed by atoms with Crippen molar-refractivity contribution < 1.29 is 13.9 Å². The lowest BCUT2D eigenvalue weighted by molar-refractivity contribution is 0.0720. The molecule has 3 heterocycles. The van der Waals surface area contributed by atoms with Crippen molar-refractivity contribution >= 4 is 0 Å². The topological polar surface area (TPSA) is 33.7 Å². The van der Waals surface area contributed by atoms with E-state index in [-0.39, 0.29) is 5.82 Å². The van der Waals surface area contributed by atoms with Crippen molar-refractivity contribution in [3.63, 3.8) is 0 Å². The lowest BCUT2D eigenvalue weighted by Crippen LogP contribution is -2.55. The second-order valence-electron chi connectivity index (χ2n) is 7.53. The van der Waals surface area contributed by atoms with Gasteiger partial charge in [0.1, 0.15) is 12.4 Å². The fourth-order valence-electron chi connectivity index (χ4n) is 4.13. The van der Waals surface area contributed by atoms with Crippen LogP contribution in [-0.4, -0.2) is 37.7 Å². The number of hydrogen-bond acceptors (Lipinski definition) is 4. The van der Waals surface area contributed by atoms with Gasteiger partial charge in [-0.15, -0.1) is 0 Å². The zero-order valence-electron chi connectivity index (χ0n) is 15.8. The molecule has 0 amide bonds. The minimum atomic E-state index is -0.240. The number of nitrogens with zero attached hydrogens (tertiary/aromatic N) is 1. The van der Waals surface area contributed by atoms with E-state index in [1.165, 1.54) is 50.2 Å². The smallest absolute Gasteiger partial charge is 0.161 e. The molecule has 1 atom stereocenters. The third-order valence-corrected chi connectivity index (χ3v) is 5.76. The predicted molar refractivity (Wildman–Crippen MR) is 104 cm³/mol. The van der Waals surface area contributed by atoms with Gasteiger partial charge in [0.05, 0.1) is 7.11 Å². The van der Waals surface area contributed by atoms with Gasteiger partial charge in [0.2, 0.25) is 0 Å². The zero-order chi connectivity index (χ0) is 18.6. The van der Waals surface area contributed by atoms with Crippen LogP contribution in [0, 0.1) is 11.7 Å². The van der Waals surface area contributed by atoms with Crippen LogP contribution >= 0.6 is 0 Å². The molecule has 3 saturated heterocycles. The van der Waals surface area contributed by atoms with Gasteiger partial charge < -0.3 is 19.7 Å². The van der Waals surface area contributed by atoms with E-state index in [4.69, 9.17) is 9.47 Å². The summed E-state index contributed by atoms with van der Waals surface area (Å²) >= 11 is 0. The van der Waals surface area contributed by atoms with Crippen molar-refractivity contribution in [1.29, 1.82) is 0 Å². The first kappa shape index (κ1) is 18.3. The van der Waals surface area contributed by atoms with E-state index in [1.807, 2.05) is 12.1 Å². The van der Waals surface area contributed by atoms with Crippen LogP contribution in [0.4, 0.5) is 4.39 Å². The standard InChI is InChI=1S/C22H27FN2O2/c1-26-22-12-17(13-24-20-14-25-10-8-18(20)9-11-25)4-7-21(22)27-15-16-2-5-19(23)6-3-16/h2-7,12,18,20,24H,8-11,13-15H2,1H3. The highest BCUT2D eigenvalue weighted by Crippen LogP contribution is 2.30. The fourth-order valence-corrected chi connectivity index (χ4v) is 4.13. The molecule has 2 aromatic carbocycles. The summed E-state index contributed by atoms with van der Waals surface area (Å²) in [6, 6.07) is 13.0. The molecule has 3 fully saturated rings. The molecule has 4 nitrogen and oxygen atoms in total. The summed E-state index contributed by atoms with van der Waals surface area (Å²) in [4.78, 5) is 2.56. The molecule has 0 aliphatic carbocycles. The molecule has 27 heavy (non-hydrogen) atoms. The summed E-state index contributed by atoms with van der Waals surface area (Å²) in [5, 5.41) is 3.73. The van der Waals surface area contributed by atoms with E-state index < -0.39 is 0 Å². The molecule has 3 aliphatic rings. The monoisotopic (exact) mass is 370 g/mol. The van der Waals surface area contributed by atoms with E-state index in [0.717, 1.165) is 23.8 Å². The second-order valence-corrected chi connectivity index (χ2v) is 7.53. The largest absolute Gasteiger partial charge is 0.493 e. The lowest BCUT2D eigenvalue weighted by Gasteiger charge is -2.45. The Morgan fingerprint density at radius 3 is 2.44 bits per heavy atom. The highest BCUT2D eigenvalue weighted by atomic mass is 19.1. The number of ether oxygens (including phenoxy) is 2. The van der Waals surface area contributed by atoms with Gasteiger partial charge >= 0.3 is 0 Å². The van der Waals surface area contributed by atoms with Crippen LogP contribution < -0.4 is 14.8 Å². The Labute approximate surface area is 160 Å². The van der Waals surface area contributed by atoms with E-state index >= 15 is 0 Å². The number of fused-ring (bicyclic) bond motifs is 3. The molecule has 5 heteroatoms. The highest BCUT2D eigenvalue weighted by molar-refractivity contribution is 5.43. The Kier molecular flexibility index (Phi) is 5.60. The third-order valence-electron chi connectivity index (χ3n) is 5.76. The molecule has 5 rings (SSSR count). The molecule has 2 aromatic rings. The maximum Gasteiger partial charge on any atom is 0.161 e. The first-order valence-electron chi connectivity index (χ1n) is 9.71. The van der Waals surface area contributed by atoms with E-state index in [9.17, 15) is 4.39 Å². The van der Waals surface area contributed by atoms with Gasteiger partial charge in [-0.1, -0.05) is 18.2 Å². The first-order chi connectivity index (χ1) is 13.2. The molecule has 0 spiro atoms. The quantitative estimate of drug-likeness (QED) is 0.808. The summed E-state index contributed by atoms with van der Waals surface area (Å²) in [5.41, 5.74) is 2.11. The summed E-state index contributed by atoms with van der Waals surface area (Å²) in [7, 11) is 1.66. The summed E-state index contributed by atoms with van der Waals surface area (Å²) < 4.78 is 24.4. The molecule has 3 aliphatic heterocycles. The minimum Gasteiger partial charge on any atom is -0.493 e. The summed E-state index contributed by atoms with van der Waals surface area (Å²) in [5.74, 6) is 2.00. The molecular formula is C22H27FN2O2. The van der Waals surface area contributed by atoms with Gasteiger partial charge in [0, 0.05) is 19.1 Å². The van der Waals surface area contributed by atoms with Crippen LogP contribution in [0.15, 0.2) is 42.5 Å². The van der Waals surface area contributed by atoms with Crippen LogP contribution in [0.5, 0.6) is 11.5 Å². The Bertz CT molecular complexity index is 757. The van der Waals surface area contributed by atoms with E-state index in [0.29, 0.717) is 18.4 Å². The van der Waals surface area contributed by atoms with Crippen LogP contribution in [-0.2, 0) is 13.2 Å². The Balaban J connectivity index is 1.35. The number of piperidine rings is 3.